The van der Waals surface area contributed by atoms with Crippen molar-refractivity contribution in [3.05, 3.63) is 126 Å². The van der Waals surface area contributed by atoms with Crippen molar-refractivity contribution in [3.8, 4) is 28.1 Å². The second kappa shape index (κ2) is 11.4. The van der Waals surface area contributed by atoms with Gasteiger partial charge in [0.25, 0.3) is 0 Å². The second-order valence-electron chi connectivity index (χ2n) is 10.6. The number of aromatic nitrogens is 1. The number of ether oxygens (including phenoxy) is 1. The first-order valence-electron chi connectivity index (χ1n) is 14.2. The highest BCUT2D eigenvalue weighted by molar-refractivity contribution is 5.91. The molecular weight excluding hydrogens is 508 g/mol. The van der Waals surface area contributed by atoms with E-state index in [1.165, 1.54) is 22.3 Å². The molecule has 0 fully saturated rings. The minimum absolute atomic E-state index is 0.268. The molecule has 0 saturated heterocycles. The van der Waals surface area contributed by atoms with E-state index in [1.807, 2.05) is 55.5 Å². The fraction of sp³-hybridized carbons (Fsp3) is 0.194. The van der Waals surface area contributed by atoms with E-state index in [4.69, 9.17) is 4.74 Å². The van der Waals surface area contributed by atoms with Gasteiger partial charge in [0.2, 0.25) is 0 Å². The van der Waals surface area contributed by atoms with E-state index >= 15 is 0 Å². The normalized spacial score (nSPS) is 13.0. The maximum Gasteiger partial charge on any atom is 0.326 e. The van der Waals surface area contributed by atoms with Crippen molar-refractivity contribution in [2.24, 2.45) is 0 Å². The molecule has 41 heavy (non-hydrogen) atoms. The number of nitrogens with one attached hydrogen (secondary N) is 2. The van der Waals surface area contributed by atoms with Gasteiger partial charge in [0.05, 0.1) is 6.61 Å². The minimum Gasteiger partial charge on any atom is -0.494 e. The van der Waals surface area contributed by atoms with E-state index in [1.54, 1.807) is 0 Å². The van der Waals surface area contributed by atoms with Crippen LogP contribution in [-0.4, -0.2) is 28.7 Å². The number of fused-ring (bicyclic) bond motifs is 4. The van der Waals surface area contributed by atoms with E-state index in [0.717, 1.165) is 45.6 Å². The molecule has 0 aliphatic heterocycles. The highest BCUT2D eigenvalue weighted by Crippen LogP contribution is 2.46. The Labute approximate surface area is 240 Å². The third-order valence-electron chi connectivity index (χ3n) is 8.05. The van der Waals surface area contributed by atoms with Crippen LogP contribution in [-0.2, 0) is 11.2 Å². The fourth-order valence-electron chi connectivity index (χ4n) is 6.16. The molecule has 3 N–H and O–H groups in total. The maximum atomic E-state index is 12.5. The molecule has 1 aliphatic rings. The SMILES string of the molecule is C=C(CCC1c2ccccc2-c2ccccc21)NC(Cc1c(-c2ccc(OCC)cc2)[nH]c2ccccc12)C(=O)O. The summed E-state index contributed by atoms with van der Waals surface area (Å²) in [6.07, 6.45) is 1.85. The molecule has 0 radical (unpaired) electrons. The molecule has 1 unspecified atom stereocenters. The molecule has 1 aromatic heterocycles. The Morgan fingerprint density at radius 1 is 0.927 bits per heavy atom. The van der Waals surface area contributed by atoms with Gasteiger partial charge in [-0.05, 0) is 83.5 Å². The Balaban J connectivity index is 1.22. The number of hydrogen-bond donors (Lipinski definition) is 3. The van der Waals surface area contributed by atoms with Crippen LogP contribution in [0, 0.1) is 0 Å². The molecule has 0 amide bonds. The number of hydrogen-bond acceptors (Lipinski definition) is 3. The van der Waals surface area contributed by atoms with Crippen LogP contribution in [0.4, 0.5) is 0 Å². The average Bonchev–Trinajstić information content (AvgIpc) is 3.52. The van der Waals surface area contributed by atoms with Crippen LogP contribution in [0.25, 0.3) is 33.3 Å². The first-order chi connectivity index (χ1) is 20.0. The van der Waals surface area contributed by atoms with Crippen molar-refractivity contribution in [1.29, 1.82) is 0 Å². The van der Waals surface area contributed by atoms with E-state index in [0.29, 0.717) is 19.4 Å². The van der Waals surface area contributed by atoms with Crippen LogP contribution in [0.1, 0.15) is 42.4 Å². The van der Waals surface area contributed by atoms with Gasteiger partial charge < -0.3 is 20.1 Å². The summed E-state index contributed by atoms with van der Waals surface area (Å²) in [5.74, 6) is 0.178. The summed E-state index contributed by atoms with van der Waals surface area (Å²) in [7, 11) is 0. The number of allylic oxidation sites excluding steroid dienone is 1. The number of carbonyl (C=O) groups is 1. The summed E-state index contributed by atoms with van der Waals surface area (Å²) in [6, 6.07) is 32.3. The van der Waals surface area contributed by atoms with Crippen molar-refractivity contribution in [1.82, 2.24) is 10.3 Å². The molecule has 206 valence electrons. The van der Waals surface area contributed by atoms with Gasteiger partial charge in [0, 0.05) is 34.6 Å². The average molecular weight is 543 g/mol. The third kappa shape index (κ3) is 5.23. The molecule has 1 atom stereocenters. The van der Waals surface area contributed by atoms with Gasteiger partial charge in [0.15, 0.2) is 0 Å². The van der Waals surface area contributed by atoms with E-state index in [9.17, 15) is 9.90 Å². The number of rotatable bonds is 11. The van der Waals surface area contributed by atoms with Crippen LogP contribution in [0.2, 0.25) is 0 Å². The number of benzene rings is 4. The Morgan fingerprint density at radius 2 is 1.56 bits per heavy atom. The molecule has 1 aliphatic carbocycles. The summed E-state index contributed by atoms with van der Waals surface area (Å²) >= 11 is 0. The number of aromatic amines is 1. The van der Waals surface area contributed by atoms with Gasteiger partial charge in [0.1, 0.15) is 11.8 Å². The van der Waals surface area contributed by atoms with E-state index in [2.05, 4.69) is 65.4 Å². The van der Waals surface area contributed by atoms with Crippen molar-refractivity contribution in [3.63, 3.8) is 0 Å². The van der Waals surface area contributed by atoms with Gasteiger partial charge in [-0.15, -0.1) is 0 Å². The minimum atomic E-state index is -0.898. The predicted molar refractivity (Wildman–Crippen MR) is 165 cm³/mol. The summed E-state index contributed by atoms with van der Waals surface area (Å²) < 4.78 is 5.62. The fourth-order valence-corrected chi connectivity index (χ4v) is 6.16. The Hall–Kier alpha value is -4.77. The highest BCUT2D eigenvalue weighted by atomic mass is 16.5. The molecule has 0 saturated carbocycles. The van der Waals surface area contributed by atoms with Crippen molar-refractivity contribution in [2.75, 3.05) is 6.61 Å². The first kappa shape index (κ1) is 26.5. The Bertz CT molecular complexity index is 1670. The maximum absolute atomic E-state index is 12.5. The highest BCUT2D eigenvalue weighted by Gasteiger charge is 2.28. The monoisotopic (exact) mass is 542 g/mol. The first-order valence-corrected chi connectivity index (χ1v) is 14.2. The topological polar surface area (TPSA) is 74.3 Å². The van der Waals surface area contributed by atoms with Crippen LogP contribution in [0.3, 0.4) is 0 Å². The third-order valence-corrected chi connectivity index (χ3v) is 8.05. The van der Waals surface area contributed by atoms with E-state index in [-0.39, 0.29) is 5.92 Å². The molecule has 5 nitrogen and oxygen atoms in total. The van der Waals surface area contributed by atoms with Gasteiger partial charge in [-0.25, -0.2) is 4.79 Å². The largest absolute Gasteiger partial charge is 0.494 e. The second-order valence-corrected chi connectivity index (χ2v) is 10.6. The van der Waals surface area contributed by atoms with Crippen LogP contribution in [0.5, 0.6) is 5.75 Å². The van der Waals surface area contributed by atoms with Crippen molar-refractivity contribution < 1.29 is 14.6 Å². The zero-order valence-corrected chi connectivity index (χ0v) is 23.2. The molecule has 5 heteroatoms. The summed E-state index contributed by atoms with van der Waals surface area (Å²) in [5.41, 5.74) is 9.83. The molecule has 4 aromatic carbocycles. The summed E-state index contributed by atoms with van der Waals surface area (Å²) in [4.78, 5) is 16.0. The lowest BCUT2D eigenvalue weighted by molar-refractivity contribution is -0.139. The number of para-hydroxylation sites is 1. The Morgan fingerprint density at radius 3 is 2.22 bits per heavy atom. The van der Waals surface area contributed by atoms with Crippen LogP contribution in [0.15, 0.2) is 109 Å². The lowest BCUT2D eigenvalue weighted by Gasteiger charge is -2.20. The summed E-state index contributed by atoms with van der Waals surface area (Å²) in [5, 5.41) is 14.6. The standard InChI is InChI=1S/C36H34N2O3/c1-3-41-25-19-17-24(18-20-25)35-32(31-14-8-9-15-33(31)38-35)22-34(36(39)40)37-23(2)16-21-30-28-12-6-4-10-26(28)27-11-5-7-13-29(27)30/h4-15,17-20,30,34,37-38H,2-3,16,21-22H2,1H3,(H,39,40). The molecule has 6 rings (SSSR count). The van der Waals surface area contributed by atoms with Gasteiger partial charge in [-0.1, -0.05) is 73.3 Å². The summed E-state index contributed by atoms with van der Waals surface area (Å²) in [6.45, 7) is 6.82. The van der Waals surface area contributed by atoms with Gasteiger partial charge in [-0.2, -0.15) is 0 Å². The van der Waals surface area contributed by atoms with E-state index < -0.39 is 12.0 Å². The van der Waals surface area contributed by atoms with Crippen LogP contribution >= 0.6 is 0 Å². The smallest absolute Gasteiger partial charge is 0.326 e. The van der Waals surface area contributed by atoms with Crippen LogP contribution < -0.4 is 10.1 Å². The zero-order valence-electron chi connectivity index (χ0n) is 23.2. The lowest BCUT2D eigenvalue weighted by Crippen LogP contribution is -2.37. The van der Waals surface area contributed by atoms with Crippen molar-refractivity contribution >= 4 is 16.9 Å². The quantitative estimate of drug-likeness (QED) is 0.158. The Kier molecular flexibility index (Phi) is 7.34. The lowest BCUT2D eigenvalue weighted by atomic mass is 9.91. The van der Waals surface area contributed by atoms with Gasteiger partial charge >= 0.3 is 5.97 Å². The predicted octanol–water partition coefficient (Wildman–Crippen LogP) is 7.93. The van der Waals surface area contributed by atoms with Gasteiger partial charge in [-0.3, -0.25) is 0 Å². The zero-order chi connectivity index (χ0) is 28.3. The molecule has 5 aromatic rings. The molecule has 0 spiro atoms. The van der Waals surface area contributed by atoms with Crippen molar-refractivity contribution in [2.45, 2.75) is 38.1 Å². The number of carboxylic acid groups (broad SMARTS) is 1. The number of carboxylic acids is 1. The molecule has 0 bridgehead atoms. The molecular formula is C36H34N2O3. The number of aliphatic carboxylic acids is 1. The number of H-pyrrole nitrogens is 1. The molecule has 1 heterocycles.